The maximum absolute atomic E-state index is 12.0. The van der Waals surface area contributed by atoms with Gasteiger partial charge in [0.25, 0.3) is 15.9 Å². The van der Waals surface area contributed by atoms with Gasteiger partial charge in [0.15, 0.2) is 5.75 Å². The molecule has 0 atom stereocenters. The number of hydrogen-bond donors (Lipinski definition) is 4. The minimum absolute atomic E-state index is 0.170. The lowest BCUT2D eigenvalue weighted by Crippen LogP contribution is -2.41. The molecule has 0 spiro atoms. The summed E-state index contributed by atoms with van der Waals surface area (Å²) >= 11 is 0. The van der Waals surface area contributed by atoms with Crippen molar-refractivity contribution in [2.24, 2.45) is 0 Å². The lowest BCUT2D eigenvalue weighted by atomic mass is 10.2. The summed E-state index contributed by atoms with van der Waals surface area (Å²) in [5, 5.41) is 29.6. The first-order valence-electron chi connectivity index (χ1n) is 6.30. The van der Waals surface area contributed by atoms with Crippen LogP contribution in [0.2, 0.25) is 0 Å². The number of nitro benzene ring substituents is 1. The summed E-state index contributed by atoms with van der Waals surface area (Å²) in [6.45, 7) is 0. The second-order valence-corrected chi connectivity index (χ2v) is 6.17. The Morgan fingerprint density at radius 1 is 1.08 bits per heavy atom. The van der Waals surface area contributed by atoms with Crippen molar-refractivity contribution in [3.63, 3.8) is 0 Å². The number of para-hydroxylation sites is 1. The van der Waals surface area contributed by atoms with Gasteiger partial charge in [0.05, 0.1) is 15.4 Å². The molecule has 2 aromatic rings. The molecule has 0 heterocycles. The fourth-order valence-corrected chi connectivity index (χ4v) is 2.58. The zero-order chi connectivity index (χ0) is 17.9. The van der Waals surface area contributed by atoms with E-state index < -0.39 is 37.2 Å². The van der Waals surface area contributed by atoms with E-state index in [9.17, 15) is 33.5 Å². The number of hydrogen-bond acceptors (Lipinski definition) is 7. The van der Waals surface area contributed by atoms with E-state index in [0.717, 1.165) is 12.1 Å². The molecule has 24 heavy (non-hydrogen) atoms. The van der Waals surface area contributed by atoms with E-state index in [1.807, 2.05) is 5.43 Å². The highest BCUT2D eigenvalue weighted by Crippen LogP contribution is 2.28. The highest BCUT2D eigenvalue weighted by atomic mass is 32.2. The quantitative estimate of drug-likeness (QED) is 0.453. The van der Waals surface area contributed by atoms with E-state index in [-0.39, 0.29) is 11.3 Å². The Morgan fingerprint density at radius 3 is 2.38 bits per heavy atom. The molecule has 0 aliphatic carbocycles. The van der Waals surface area contributed by atoms with E-state index in [1.165, 1.54) is 24.3 Å². The number of aromatic hydroxyl groups is 2. The van der Waals surface area contributed by atoms with Crippen molar-refractivity contribution >= 4 is 21.6 Å². The predicted molar refractivity (Wildman–Crippen MR) is 80.7 cm³/mol. The minimum atomic E-state index is -4.33. The van der Waals surface area contributed by atoms with Crippen molar-refractivity contribution in [2.75, 3.05) is 0 Å². The predicted octanol–water partition coefficient (Wildman–Crippen LogP) is 0.629. The molecule has 2 rings (SSSR count). The van der Waals surface area contributed by atoms with Gasteiger partial charge >= 0.3 is 5.69 Å². The SMILES string of the molecule is O=C(NNS(=O)(=O)c1ccc(O)c([N+](=O)[O-])c1)c1ccccc1O. The van der Waals surface area contributed by atoms with Crippen molar-refractivity contribution in [3.05, 3.63) is 58.1 Å². The Balaban J connectivity index is 2.20. The molecule has 0 unspecified atom stereocenters. The Bertz CT molecular complexity index is 912. The third kappa shape index (κ3) is 3.59. The number of phenols is 2. The number of rotatable bonds is 5. The van der Waals surface area contributed by atoms with Crippen molar-refractivity contribution in [1.82, 2.24) is 10.3 Å². The zero-order valence-corrected chi connectivity index (χ0v) is 12.6. The van der Waals surface area contributed by atoms with Gasteiger partial charge in [0.2, 0.25) is 0 Å². The number of carbonyl (C=O) groups excluding carboxylic acids is 1. The number of hydrazine groups is 1. The third-order valence-corrected chi connectivity index (χ3v) is 4.15. The summed E-state index contributed by atoms with van der Waals surface area (Å²) < 4.78 is 24.1. The number of nitrogens with one attached hydrogen (secondary N) is 2. The van der Waals surface area contributed by atoms with E-state index in [2.05, 4.69) is 0 Å². The number of sulfonamides is 1. The van der Waals surface area contributed by atoms with E-state index >= 15 is 0 Å². The van der Waals surface area contributed by atoms with Crippen molar-refractivity contribution in [2.45, 2.75) is 4.90 Å². The van der Waals surface area contributed by atoms with Gasteiger partial charge in [-0.3, -0.25) is 20.3 Å². The summed E-state index contributed by atoms with van der Waals surface area (Å²) in [7, 11) is -4.33. The Kier molecular flexibility index (Phi) is 4.66. The van der Waals surface area contributed by atoms with Gasteiger partial charge < -0.3 is 10.2 Å². The molecule has 0 aliphatic heterocycles. The standard InChI is InChI=1S/C13H11N3O7S/c17-11-4-2-1-3-9(11)13(19)14-15-24(22,23)8-5-6-12(18)10(7-8)16(20)21/h1-7,15,17-18H,(H,14,19). The second kappa shape index (κ2) is 6.52. The lowest BCUT2D eigenvalue weighted by molar-refractivity contribution is -0.386. The van der Waals surface area contributed by atoms with Crippen molar-refractivity contribution in [1.29, 1.82) is 0 Å². The van der Waals surface area contributed by atoms with Gasteiger partial charge in [-0.25, -0.2) is 8.42 Å². The van der Waals surface area contributed by atoms with Crippen LogP contribution in [0.3, 0.4) is 0 Å². The van der Waals surface area contributed by atoms with Gasteiger partial charge in [-0.15, -0.1) is 4.83 Å². The minimum Gasteiger partial charge on any atom is -0.507 e. The van der Waals surface area contributed by atoms with Crippen LogP contribution in [0.25, 0.3) is 0 Å². The summed E-state index contributed by atoms with van der Waals surface area (Å²) in [6.07, 6.45) is 0. The van der Waals surface area contributed by atoms with Crippen LogP contribution in [0, 0.1) is 10.1 Å². The average molecular weight is 353 g/mol. The van der Waals surface area contributed by atoms with Crippen molar-refractivity contribution in [3.8, 4) is 11.5 Å². The molecule has 0 aromatic heterocycles. The van der Waals surface area contributed by atoms with Crippen molar-refractivity contribution < 1.29 is 28.3 Å². The molecule has 0 bridgehead atoms. The summed E-state index contributed by atoms with van der Waals surface area (Å²) in [5.74, 6) is -1.98. The molecule has 1 amide bonds. The van der Waals surface area contributed by atoms with Crippen LogP contribution in [0.5, 0.6) is 11.5 Å². The Morgan fingerprint density at radius 2 is 1.75 bits per heavy atom. The molecule has 2 aromatic carbocycles. The molecule has 10 nitrogen and oxygen atoms in total. The highest BCUT2D eigenvalue weighted by molar-refractivity contribution is 7.89. The number of nitrogens with zero attached hydrogens (tertiary/aromatic N) is 1. The van der Waals surface area contributed by atoms with Crippen LogP contribution in [0.1, 0.15) is 10.4 Å². The van der Waals surface area contributed by atoms with Crippen LogP contribution in [-0.2, 0) is 10.0 Å². The smallest absolute Gasteiger partial charge is 0.312 e. The van der Waals surface area contributed by atoms with Crippen LogP contribution in [0.4, 0.5) is 5.69 Å². The van der Waals surface area contributed by atoms with E-state index in [4.69, 9.17) is 0 Å². The molecule has 0 saturated carbocycles. The number of benzene rings is 2. The molecule has 0 saturated heterocycles. The molecule has 126 valence electrons. The van der Waals surface area contributed by atoms with Crippen LogP contribution >= 0.6 is 0 Å². The summed E-state index contributed by atoms with van der Waals surface area (Å²) in [4.78, 5) is 22.8. The third-order valence-electron chi connectivity index (χ3n) is 2.90. The Labute approximate surface area is 135 Å². The first kappa shape index (κ1) is 17.2. The topological polar surface area (TPSA) is 159 Å². The van der Waals surface area contributed by atoms with Gasteiger partial charge in [-0.1, -0.05) is 12.1 Å². The van der Waals surface area contributed by atoms with Gasteiger partial charge in [0.1, 0.15) is 5.75 Å². The zero-order valence-electron chi connectivity index (χ0n) is 11.8. The molecule has 11 heteroatoms. The summed E-state index contributed by atoms with van der Waals surface area (Å²) in [6, 6.07) is 7.87. The second-order valence-electron chi connectivity index (χ2n) is 4.48. The van der Waals surface area contributed by atoms with Gasteiger partial charge in [-0.05, 0) is 24.3 Å². The summed E-state index contributed by atoms with van der Waals surface area (Å²) in [5.41, 5.74) is 0.902. The number of phenolic OH excluding ortho intramolecular Hbond substituents is 2. The fourth-order valence-electron chi connectivity index (χ4n) is 1.72. The Hall–Kier alpha value is -3.18. The molecule has 0 radical (unpaired) electrons. The number of amides is 1. The molecular formula is C13H11N3O7S. The first-order chi connectivity index (χ1) is 11.2. The highest BCUT2D eigenvalue weighted by Gasteiger charge is 2.22. The number of carbonyl (C=O) groups is 1. The first-order valence-corrected chi connectivity index (χ1v) is 7.78. The largest absolute Gasteiger partial charge is 0.507 e. The normalized spacial score (nSPS) is 11.0. The van der Waals surface area contributed by atoms with E-state index in [1.54, 1.807) is 4.83 Å². The lowest BCUT2D eigenvalue weighted by Gasteiger charge is -2.09. The van der Waals surface area contributed by atoms with Crippen LogP contribution in [-0.4, -0.2) is 29.5 Å². The average Bonchev–Trinajstić information content (AvgIpc) is 2.53. The maximum atomic E-state index is 12.0. The molecule has 0 fully saturated rings. The van der Waals surface area contributed by atoms with Crippen LogP contribution in [0.15, 0.2) is 47.4 Å². The van der Waals surface area contributed by atoms with Gasteiger partial charge in [-0.2, -0.15) is 0 Å². The monoisotopic (exact) mass is 353 g/mol. The fraction of sp³-hybridized carbons (Fsp3) is 0. The molecule has 0 aliphatic rings. The number of nitro groups is 1. The van der Waals surface area contributed by atoms with E-state index in [0.29, 0.717) is 6.07 Å². The molecular weight excluding hydrogens is 342 g/mol. The van der Waals surface area contributed by atoms with Crippen LogP contribution < -0.4 is 10.3 Å². The molecule has 4 N–H and O–H groups in total. The maximum Gasteiger partial charge on any atom is 0.312 e. The van der Waals surface area contributed by atoms with Gasteiger partial charge in [0, 0.05) is 6.07 Å².